The molecule has 0 aliphatic rings. The van der Waals surface area contributed by atoms with Crippen LogP contribution >= 0.6 is 0 Å². The van der Waals surface area contributed by atoms with Crippen molar-refractivity contribution in [3.05, 3.63) is 65.7 Å². The summed E-state index contributed by atoms with van der Waals surface area (Å²) >= 11 is 0. The number of rotatable bonds is 1. The molecule has 0 amide bonds. The Hall–Kier alpha value is -0.479. The Kier molecular flexibility index (Phi) is 12.9. The van der Waals surface area contributed by atoms with E-state index in [1.807, 2.05) is 13.1 Å². The average Bonchev–Trinajstić information content (AvgIpc) is 2.86. The first-order chi connectivity index (χ1) is 11.2. The number of benzene rings is 2. The molecule has 0 saturated heterocycles. The van der Waals surface area contributed by atoms with Gasteiger partial charge in [-0.1, -0.05) is 63.6 Å². The van der Waals surface area contributed by atoms with E-state index in [0.29, 0.717) is 0 Å². The first-order valence-electron chi connectivity index (χ1n) is 8.44. The van der Waals surface area contributed by atoms with E-state index in [-0.39, 0.29) is 51.9 Å². The number of fused-ring (bicyclic) bond motifs is 1. The summed E-state index contributed by atoms with van der Waals surface area (Å²) in [6.07, 6.45) is 0. The Balaban J connectivity index is 0. The number of hydrogen-bond acceptors (Lipinski definition) is 1. The van der Waals surface area contributed by atoms with Crippen LogP contribution in [0.15, 0.2) is 54.6 Å². The Morgan fingerprint density at radius 3 is 1.93 bits per heavy atom. The molecule has 3 aromatic rings. The molecule has 3 rings (SSSR count). The fraction of sp³-hybridized carbons (Fsp3) is 0.318. The van der Waals surface area contributed by atoms with Crippen LogP contribution in [0.2, 0.25) is 13.1 Å². The quantitative estimate of drug-likeness (QED) is 0.407. The normalized spacial score (nSPS) is 10.2. The molecule has 2 radical (unpaired) electrons. The summed E-state index contributed by atoms with van der Waals surface area (Å²) in [5.41, 5.74) is 5.55. The van der Waals surface area contributed by atoms with E-state index >= 15 is 0 Å². The van der Waals surface area contributed by atoms with E-state index in [1.54, 1.807) is 0 Å². The predicted octanol–water partition coefficient (Wildman–Crippen LogP) is 0.0669. The third-order valence-corrected chi connectivity index (χ3v) is 3.96. The largest absolute Gasteiger partial charge is 3.00 e. The van der Waals surface area contributed by atoms with Gasteiger partial charge in [0.05, 0.1) is 0 Å². The minimum atomic E-state index is -0.880. The van der Waals surface area contributed by atoms with Crippen LogP contribution in [0.3, 0.4) is 0 Å². The standard InChI is InChI=1S/C20H21.C2H7OSi.2ClH.Ti/c1-14-12-16-6-5-7-18(19(16)13-14)15-8-10-17(11-9-15)20(2,3)4;1-4(2)3;;;/h5-13H,1-4H3;3H,1-2H3;2*1H;/q-1;;;;+3/p-2. The van der Waals surface area contributed by atoms with Crippen molar-refractivity contribution in [2.75, 3.05) is 0 Å². The Labute approximate surface area is 193 Å². The van der Waals surface area contributed by atoms with E-state index in [4.69, 9.17) is 4.80 Å². The van der Waals surface area contributed by atoms with Gasteiger partial charge in [-0.15, -0.1) is 34.5 Å². The first-order valence-corrected chi connectivity index (χ1v) is 10.9. The van der Waals surface area contributed by atoms with Gasteiger partial charge in [0.15, 0.2) is 9.04 Å². The minimum absolute atomic E-state index is 0. The molecule has 5 heteroatoms. The second-order valence-electron chi connectivity index (χ2n) is 7.62. The molecular weight excluding hydrogens is 427 g/mol. The van der Waals surface area contributed by atoms with Crippen LogP contribution in [0.5, 0.6) is 0 Å². The minimum Gasteiger partial charge on any atom is -1.00 e. The third kappa shape index (κ3) is 8.19. The van der Waals surface area contributed by atoms with Crippen LogP contribution in [0.1, 0.15) is 31.9 Å². The maximum atomic E-state index is 8.16. The van der Waals surface area contributed by atoms with E-state index in [9.17, 15) is 0 Å². The number of halogens is 2. The third-order valence-electron chi connectivity index (χ3n) is 3.96. The van der Waals surface area contributed by atoms with Gasteiger partial charge in [-0.2, -0.15) is 6.07 Å². The van der Waals surface area contributed by atoms with Crippen molar-refractivity contribution in [2.45, 2.75) is 46.2 Å². The van der Waals surface area contributed by atoms with Crippen molar-refractivity contribution in [1.82, 2.24) is 0 Å². The van der Waals surface area contributed by atoms with Gasteiger partial charge in [-0.25, -0.2) is 0 Å². The van der Waals surface area contributed by atoms with Crippen LogP contribution in [0.25, 0.3) is 21.9 Å². The summed E-state index contributed by atoms with van der Waals surface area (Å²) in [7, 11) is -0.880. The molecule has 0 aliphatic carbocycles. The maximum absolute atomic E-state index is 8.16. The Bertz CT molecular complexity index is 803. The fourth-order valence-electron chi connectivity index (χ4n) is 2.79. The van der Waals surface area contributed by atoms with Gasteiger partial charge in [0, 0.05) is 0 Å². The molecule has 0 heterocycles. The summed E-state index contributed by atoms with van der Waals surface area (Å²) in [5.74, 6) is 0. The smallest absolute Gasteiger partial charge is 1.00 e. The molecule has 0 fully saturated rings. The summed E-state index contributed by atoms with van der Waals surface area (Å²) in [6, 6.07) is 20.1. The van der Waals surface area contributed by atoms with Gasteiger partial charge in [0.25, 0.3) is 0 Å². The van der Waals surface area contributed by atoms with E-state index < -0.39 is 9.04 Å². The molecule has 1 N–H and O–H groups in total. The van der Waals surface area contributed by atoms with Crippen molar-refractivity contribution < 1.29 is 51.3 Å². The van der Waals surface area contributed by atoms with E-state index in [2.05, 4.69) is 82.3 Å². The van der Waals surface area contributed by atoms with Gasteiger partial charge in [0.2, 0.25) is 0 Å². The zero-order valence-electron chi connectivity index (χ0n) is 16.9. The summed E-state index contributed by atoms with van der Waals surface area (Å²) < 4.78 is 0. The van der Waals surface area contributed by atoms with Gasteiger partial charge < -0.3 is 29.6 Å². The molecule has 3 aromatic carbocycles. The SMILES string of the molecule is C[Si](C)O.Cc1cc2c(-c3ccc(C(C)(C)C)cc3)cccc2[cH-]1.[Cl-].[Cl-].[Ti+3]. The Morgan fingerprint density at radius 1 is 0.926 bits per heavy atom. The Morgan fingerprint density at radius 2 is 1.44 bits per heavy atom. The molecule has 0 aliphatic heterocycles. The summed E-state index contributed by atoms with van der Waals surface area (Å²) in [6.45, 7) is 12.6. The van der Waals surface area contributed by atoms with Crippen molar-refractivity contribution >= 4 is 19.8 Å². The molecular formula is C22H28Cl2OSiTi. The van der Waals surface area contributed by atoms with Gasteiger partial charge in [-0.3, -0.25) is 0 Å². The van der Waals surface area contributed by atoms with Crippen molar-refractivity contribution in [3.63, 3.8) is 0 Å². The molecule has 0 unspecified atom stereocenters. The average molecular weight is 455 g/mol. The topological polar surface area (TPSA) is 20.2 Å². The van der Waals surface area contributed by atoms with Crippen LogP contribution < -0.4 is 24.8 Å². The van der Waals surface area contributed by atoms with Gasteiger partial charge in [0.1, 0.15) is 0 Å². The molecule has 0 aromatic heterocycles. The summed E-state index contributed by atoms with van der Waals surface area (Å²) in [4.78, 5) is 8.16. The molecule has 0 atom stereocenters. The molecule has 0 spiro atoms. The molecule has 0 bridgehead atoms. The molecule has 1 nitrogen and oxygen atoms in total. The van der Waals surface area contributed by atoms with Crippen LogP contribution in [0, 0.1) is 6.92 Å². The molecule has 27 heavy (non-hydrogen) atoms. The maximum Gasteiger partial charge on any atom is 3.00 e. The fourth-order valence-corrected chi connectivity index (χ4v) is 2.79. The van der Waals surface area contributed by atoms with Crippen LogP contribution in [-0.2, 0) is 27.1 Å². The van der Waals surface area contributed by atoms with Crippen molar-refractivity contribution in [2.24, 2.45) is 0 Å². The predicted molar refractivity (Wildman–Crippen MR) is 108 cm³/mol. The molecule has 144 valence electrons. The zero-order chi connectivity index (χ0) is 17.9. The summed E-state index contributed by atoms with van der Waals surface area (Å²) in [5, 5.41) is 2.69. The van der Waals surface area contributed by atoms with E-state index in [1.165, 1.54) is 33.0 Å². The first kappa shape index (κ1) is 28.7. The second-order valence-corrected chi connectivity index (χ2v) is 9.51. The number of aryl methyl sites for hydroxylation is 1. The van der Waals surface area contributed by atoms with Crippen molar-refractivity contribution in [3.8, 4) is 11.1 Å². The zero-order valence-corrected chi connectivity index (χ0v) is 21.0. The monoisotopic (exact) mass is 454 g/mol. The van der Waals surface area contributed by atoms with Crippen molar-refractivity contribution in [1.29, 1.82) is 0 Å². The van der Waals surface area contributed by atoms with Crippen LogP contribution in [0.4, 0.5) is 0 Å². The van der Waals surface area contributed by atoms with Crippen LogP contribution in [-0.4, -0.2) is 13.8 Å². The van der Waals surface area contributed by atoms with Gasteiger partial charge >= 0.3 is 21.7 Å². The van der Waals surface area contributed by atoms with Gasteiger partial charge in [-0.05, 0) is 29.6 Å². The number of hydrogen-bond donors (Lipinski definition) is 1. The molecule has 0 saturated carbocycles. The second kappa shape index (κ2) is 12.2. The van der Waals surface area contributed by atoms with E-state index in [0.717, 1.165) is 0 Å².